The van der Waals surface area contributed by atoms with Gasteiger partial charge in [0.1, 0.15) is 0 Å². The predicted molar refractivity (Wildman–Crippen MR) is 124 cm³/mol. The van der Waals surface area contributed by atoms with Crippen LogP contribution in [0, 0.1) is 6.92 Å². The highest BCUT2D eigenvalue weighted by atomic mass is 16.5. The lowest BCUT2D eigenvalue weighted by atomic mass is 9.94. The smallest absolute Gasteiger partial charge is 0.295 e. The molecule has 2 aromatic carbocycles. The van der Waals surface area contributed by atoms with Gasteiger partial charge in [-0.25, -0.2) is 0 Å². The first-order chi connectivity index (χ1) is 15.9. The molecule has 1 aliphatic heterocycles. The fraction of sp³-hybridized carbons (Fsp3) is 0.385. The summed E-state index contributed by atoms with van der Waals surface area (Å²) in [5.74, 6) is -0.988. The normalized spacial score (nSPS) is 17.6. The number of nitrogens with zero attached hydrogens (tertiary/aromatic N) is 1. The zero-order chi connectivity index (χ0) is 24.1. The molecule has 1 heterocycles. The third-order valence-corrected chi connectivity index (χ3v) is 6.28. The lowest BCUT2D eigenvalue weighted by molar-refractivity contribution is -0.895. The van der Waals surface area contributed by atoms with Crippen LogP contribution < -0.4 is 19.5 Å². The molecule has 1 aliphatic rings. The number of likely N-dealkylation sites (N-methyl/N-ethyl adjacent to an activating group) is 1. The summed E-state index contributed by atoms with van der Waals surface area (Å²) in [6, 6.07) is 11.4. The van der Waals surface area contributed by atoms with Crippen LogP contribution >= 0.6 is 0 Å². The van der Waals surface area contributed by atoms with Gasteiger partial charge in [-0.15, -0.1) is 0 Å². The van der Waals surface area contributed by atoms with E-state index >= 15 is 0 Å². The fourth-order valence-corrected chi connectivity index (χ4v) is 4.29. The van der Waals surface area contributed by atoms with E-state index in [0.29, 0.717) is 35.7 Å². The largest absolute Gasteiger partial charge is 0.872 e. The lowest BCUT2D eigenvalue weighted by Crippen LogP contribution is -3.12. The van der Waals surface area contributed by atoms with Gasteiger partial charge in [-0.3, -0.25) is 9.59 Å². The highest BCUT2D eigenvalue weighted by molar-refractivity contribution is 6.46. The van der Waals surface area contributed by atoms with Crippen molar-refractivity contribution in [2.45, 2.75) is 26.8 Å². The van der Waals surface area contributed by atoms with Crippen molar-refractivity contribution in [2.75, 3.05) is 40.4 Å². The number of hydrogen-bond acceptors (Lipinski definition) is 5. The molecular formula is C26H32N2O5. The maximum Gasteiger partial charge on any atom is 0.295 e. The van der Waals surface area contributed by atoms with E-state index < -0.39 is 23.5 Å². The predicted octanol–water partition coefficient (Wildman–Crippen LogP) is 1.16. The van der Waals surface area contributed by atoms with Gasteiger partial charge >= 0.3 is 0 Å². The molecule has 0 aromatic heterocycles. The topological polar surface area (TPSA) is 83.3 Å². The number of para-hydroxylation sites is 1. The van der Waals surface area contributed by atoms with Crippen molar-refractivity contribution < 1.29 is 29.1 Å². The van der Waals surface area contributed by atoms with E-state index in [1.165, 1.54) is 24.0 Å². The van der Waals surface area contributed by atoms with E-state index in [0.717, 1.165) is 18.7 Å². The molecule has 7 nitrogen and oxygen atoms in total. The van der Waals surface area contributed by atoms with Crippen LogP contribution in [0.25, 0.3) is 5.76 Å². The van der Waals surface area contributed by atoms with Crippen molar-refractivity contribution in [1.82, 2.24) is 4.90 Å². The number of amides is 1. The number of ether oxygens (including phenoxy) is 2. The molecule has 1 fully saturated rings. The first-order valence-electron chi connectivity index (χ1n) is 11.3. The molecule has 1 unspecified atom stereocenters. The summed E-state index contributed by atoms with van der Waals surface area (Å²) >= 11 is 0. The Labute approximate surface area is 195 Å². The van der Waals surface area contributed by atoms with Gasteiger partial charge in [0.05, 0.1) is 46.4 Å². The second kappa shape index (κ2) is 10.5. The number of nitrogens with one attached hydrogen (secondary N) is 1. The van der Waals surface area contributed by atoms with Crippen LogP contribution in [0.5, 0.6) is 11.5 Å². The number of carbonyl (C=O) groups is 2. The Morgan fingerprint density at radius 2 is 1.70 bits per heavy atom. The Hall–Kier alpha value is -3.32. The van der Waals surface area contributed by atoms with Gasteiger partial charge in [-0.2, -0.15) is 0 Å². The summed E-state index contributed by atoms with van der Waals surface area (Å²) in [4.78, 5) is 29.1. The quantitative estimate of drug-likeness (QED) is 0.351. The van der Waals surface area contributed by atoms with Crippen molar-refractivity contribution in [3.8, 4) is 11.5 Å². The number of rotatable bonds is 9. The Morgan fingerprint density at radius 1 is 1.03 bits per heavy atom. The minimum absolute atomic E-state index is 0.0510. The van der Waals surface area contributed by atoms with Crippen molar-refractivity contribution in [3.05, 3.63) is 64.7 Å². The second-order valence-corrected chi connectivity index (χ2v) is 8.13. The molecule has 0 saturated carbocycles. The van der Waals surface area contributed by atoms with E-state index in [1.54, 1.807) is 30.3 Å². The first kappa shape index (κ1) is 24.3. The zero-order valence-corrected chi connectivity index (χ0v) is 19.9. The van der Waals surface area contributed by atoms with Crippen LogP contribution in [-0.4, -0.2) is 57.0 Å². The SMILES string of the molecule is CC[NH+](CC)CCN1C(=O)C(=O)/C(=C(/[O-])c2ccc(C)cc2)C1c1cccc(OC)c1OC. The van der Waals surface area contributed by atoms with Crippen LogP contribution in [-0.2, 0) is 9.59 Å². The van der Waals surface area contributed by atoms with Crippen LogP contribution in [0.4, 0.5) is 0 Å². The molecule has 1 atom stereocenters. The molecule has 0 bridgehead atoms. The van der Waals surface area contributed by atoms with Crippen molar-refractivity contribution in [1.29, 1.82) is 0 Å². The van der Waals surface area contributed by atoms with Gasteiger partial charge < -0.3 is 24.4 Å². The number of Topliss-reactive ketones (excluding diaryl/α,β-unsaturated/α-hetero) is 1. The van der Waals surface area contributed by atoms with E-state index in [-0.39, 0.29) is 5.57 Å². The van der Waals surface area contributed by atoms with E-state index in [9.17, 15) is 14.7 Å². The molecule has 3 rings (SSSR count). The minimum atomic E-state index is -0.848. The van der Waals surface area contributed by atoms with Crippen LogP contribution in [0.2, 0.25) is 0 Å². The Kier molecular flexibility index (Phi) is 7.76. The molecule has 1 saturated heterocycles. The number of quaternary nitrogens is 1. The third kappa shape index (κ3) is 4.73. The molecular weight excluding hydrogens is 420 g/mol. The number of aryl methyl sites for hydroxylation is 1. The standard InChI is InChI=1S/C26H32N2O5/c1-6-27(7-2)15-16-28-22(19-9-8-10-20(32-4)25(19)33-5)21(24(30)26(28)31)23(29)18-13-11-17(3)12-14-18/h8-14,22,29H,6-7,15-16H2,1-5H3/b23-21+. The van der Waals surface area contributed by atoms with Gasteiger partial charge in [0, 0.05) is 11.1 Å². The number of benzene rings is 2. The summed E-state index contributed by atoms with van der Waals surface area (Å²) in [6.07, 6.45) is 0. The van der Waals surface area contributed by atoms with Crippen molar-refractivity contribution in [3.63, 3.8) is 0 Å². The number of ketones is 1. The first-order valence-corrected chi connectivity index (χ1v) is 11.3. The molecule has 176 valence electrons. The van der Waals surface area contributed by atoms with E-state index in [1.807, 2.05) is 19.1 Å². The Morgan fingerprint density at radius 3 is 2.27 bits per heavy atom. The third-order valence-electron chi connectivity index (χ3n) is 6.28. The molecule has 1 N–H and O–H groups in total. The summed E-state index contributed by atoms with van der Waals surface area (Å²) < 4.78 is 11.1. The number of likely N-dealkylation sites (tertiary alicyclic amines) is 1. The summed E-state index contributed by atoms with van der Waals surface area (Å²) in [5.41, 5.74) is 1.88. The fourth-order valence-electron chi connectivity index (χ4n) is 4.29. The number of hydrogen-bond donors (Lipinski definition) is 1. The van der Waals surface area contributed by atoms with Gasteiger partial charge in [-0.05, 0) is 32.4 Å². The Bertz CT molecular complexity index is 1040. The highest BCUT2D eigenvalue weighted by Gasteiger charge is 2.45. The summed E-state index contributed by atoms with van der Waals surface area (Å²) in [7, 11) is 3.03. The lowest BCUT2D eigenvalue weighted by Gasteiger charge is -2.29. The molecule has 0 spiro atoms. The van der Waals surface area contributed by atoms with Crippen LogP contribution in [0.1, 0.15) is 36.6 Å². The van der Waals surface area contributed by atoms with Gasteiger partial charge in [0.15, 0.2) is 11.5 Å². The van der Waals surface area contributed by atoms with Gasteiger partial charge in [0.2, 0.25) is 5.78 Å². The van der Waals surface area contributed by atoms with Crippen molar-refractivity contribution >= 4 is 17.4 Å². The average Bonchev–Trinajstić information content (AvgIpc) is 3.08. The molecule has 0 radical (unpaired) electrons. The highest BCUT2D eigenvalue weighted by Crippen LogP contribution is 2.44. The maximum absolute atomic E-state index is 13.5. The monoisotopic (exact) mass is 452 g/mol. The van der Waals surface area contributed by atoms with Crippen LogP contribution in [0.15, 0.2) is 48.0 Å². The minimum Gasteiger partial charge on any atom is -0.872 e. The summed E-state index contributed by atoms with van der Waals surface area (Å²) in [5, 5.41) is 13.5. The van der Waals surface area contributed by atoms with Gasteiger partial charge in [0.25, 0.3) is 5.91 Å². The van der Waals surface area contributed by atoms with Gasteiger partial charge in [-0.1, -0.05) is 47.7 Å². The van der Waals surface area contributed by atoms with Crippen molar-refractivity contribution in [2.24, 2.45) is 0 Å². The molecule has 1 amide bonds. The number of carbonyl (C=O) groups excluding carboxylic acids is 2. The maximum atomic E-state index is 13.5. The molecule has 33 heavy (non-hydrogen) atoms. The zero-order valence-electron chi connectivity index (χ0n) is 19.9. The van der Waals surface area contributed by atoms with Crippen LogP contribution in [0.3, 0.4) is 0 Å². The molecule has 2 aromatic rings. The molecule has 0 aliphatic carbocycles. The van der Waals surface area contributed by atoms with E-state index in [4.69, 9.17) is 9.47 Å². The number of methoxy groups -OCH3 is 2. The second-order valence-electron chi connectivity index (χ2n) is 8.13. The summed E-state index contributed by atoms with van der Waals surface area (Å²) in [6.45, 7) is 8.90. The Balaban J connectivity index is 2.19. The average molecular weight is 453 g/mol. The molecule has 7 heteroatoms. The van der Waals surface area contributed by atoms with E-state index in [2.05, 4.69) is 13.8 Å².